The molecular formula is C17H23NO3. The van der Waals surface area contributed by atoms with Crippen molar-refractivity contribution in [3.05, 3.63) is 29.8 Å². The highest BCUT2D eigenvalue weighted by Crippen LogP contribution is 2.30. The van der Waals surface area contributed by atoms with Gasteiger partial charge < -0.3 is 14.4 Å². The van der Waals surface area contributed by atoms with Crippen LogP contribution in [0.1, 0.15) is 24.8 Å². The van der Waals surface area contributed by atoms with Crippen LogP contribution in [0, 0.1) is 5.92 Å². The van der Waals surface area contributed by atoms with Crippen molar-refractivity contribution in [3.63, 3.8) is 0 Å². The summed E-state index contributed by atoms with van der Waals surface area (Å²) < 4.78 is 11.0. The van der Waals surface area contributed by atoms with Crippen molar-refractivity contribution in [1.29, 1.82) is 0 Å². The van der Waals surface area contributed by atoms with Crippen LogP contribution in [0.5, 0.6) is 5.75 Å². The number of amides is 1. The molecule has 1 aromatic carbocycles. The molecule has 114 valence electrons. The van der Waals surface area contributed by atoms with E-state index in [1.807, 2.05) is 29.2 Å². The number of methoxy groups -OCH3 is 1. The lowest BCUT2D eigenvalue weighted by Crippen LogP contribution is -2.31. The van der Waals surface area contributed by atoms with Gasteiger partial charge in [-0.3, -0.25) is 4.79 Å². The predicted molar refractivity (Wildman–Crippen MR) is 80.4 cm³/mol. The molecule has 3 rings (SSSR count). The summed E-state index contributed by atoms with van der Waals surface area (Å²) in [6.07, 6.45) is 4.30. The molecule has 4 nitrogen and oxygen atoms in total. The van der Waals surface area contributed by atoms with Gasteiger partial charge in [0.2, 0.25) is 5.91 Å². The highest BCUT2D eigenvalue weighted by Gasteiger charge is 2.29. The van der Waals surface area contributed by atoms with E-state index in [0.717, 1.165) is 43.3 Å². The van der Waals surface area contributed by atoms with Gasteiger partial charge in [-0.2, -0.15) is 0 Å². The second-order valence-electron chi connectivity index (χ2n) is 6.05. The number of ether oxygens (including phenoxy) is 2. The van der Waals surface area contributed by atoms with E-state index < -0.39 is 0 Å². The fourth-order valence-corrected chi connectivity index (χ4v) is 2.68. The summed E-state index contributed by atoms with van der Waals surface area (Å²) in [6.45, 7) is 2.46. The number of hydrogen-bond acceptors (Lipinski definition) is 3. The molecule has 0 N–H and O–H groups in total. The van der Waals surface area contributed by atoms with Crippen LogP contribution in [-0.4, -0.2) is 43.7 Å². The molecule has 1 saturated heterocycles. The Hall–Kier alpha value is -1.55. The van der Waals surface area contributed by atoms with Gasteiger partial charge >= 0.3 is 0 Å². The SMILES string of the molecule is COc1ccc(CC(=O)N2CCC(OCC3CC3)C2)cc1. The maximum absolute atomic E-state index is 12.3. The lowest BCUT2D eigenvalue weighted by Gasteiger charge is -2.17. The van der Waals surface area contributed by atoms with Crippen LogP contribution in [0.15, 0.2) is 24.3 Å². The van der Waals surface area contributed by atoms with Gasteiger partial charge in [-0.05, 0) is 42.9 Å². The largest absolute Gasteiger partial charge is 0.497 e. The summed E-state index contributed by atoms with van der Waals surface area (Å²) >= 11 is 0. The minimum absolute atomic E-state index is 0.192. The van der Waals surface area contributed by atoms with Crippen LogP contribution in [0.3, 0.4) is 0 Å². The van der Waals surface area contributed by atoms with Crippen LogP contribution < -0.4 is 4.74 Å². The molecule has 2 aliphatic rings. The first-order valence-corrected chi connectivity index (χ1v) is 7.77. The van der Waals surface area contributed by atoms with E-state index in [9.17, 15) is 4.79 Å². The first kappa shape index (κ1) is 14.4. The predicted octanol–water partition coefficient (Wildman–Crippen LogP) is 2.27. The summed E-state index contributed by atoms with van der Waals surface area (Å²) in [5.74, 6) is 1.80. The maximum atomic E-state index is 12.3. The summed E-state index contributed by atoms with van der Waals surface area (Å²) in [7, 11) is 1.65. The summed E-state index contributed by atoms with van der Waals surface area (Å²) in [4.78, 5) is 14.2. The highest BCUT2D eigenvalue weighted by molar-refractivity contribution is 5.79. The number of rotatable bonds is 6. The second-order valence-corrected chi connectivity index (χ2v) is 6.05. The fourth-order valence-electron chi connectivity index (χ4n) is 2.68. The molecule has 1 heterocycles. The van der Waals surface area contributed by atoms with E-state index >= 15 is 0 Å². The third-order valence-corrected chi connectivity index (χ3v) is 4.28. The van der Waals surface area contributed by atoms with Crippen molar-refractivity contribution < 1.29 is 14.3 Å². The van der Waals surface area contributed by atoms with Gasteiger partial charge in [0.25, 0.3) is 0 Å². The normalized spacial score (nSPS) is 21.6. The number of carbonyl (C=O) groups excluding carboxylic acids is 1. The number of hydrogen-bond donors (Lipinski definition) is 0. The molecule has 1 atom stereocenters. The average molecular weight is 289 g/mol. The standard InChI is InChI=1S/C17H23NO3/c1-20-15-6-4-13(5-7-15)10-17(19)18-9-8-16(11-18)21-12-14-2-3-14/h4-7,14,16H,2-3,8-12H2,1H3. The minimum atomic E-state index is 0.192. The van der Waals surface area contributed by atoms with E-state index in [0.29, 0.717) is 6.42 Å². The molecule has 1 saturated carbocycles. The third kappa shape index (κ3) is 3.97. The van der Waals surface area contributed by atoms with Crippen LogP contribution in [0.4, 0.5) is 0 Å². The molecule has 1 amide bonds. The highest BCUT2D eigenvalue weighted by atomic mass is 16.5. The van der Waals surface area contributed by atoms with E-state index in [1.165, 1.54) is 12.8 Å². The second kappa shape index (κ2) is 6.48. The van der Waals surface area contributed by atoms with Crippen molar-refractivity contribution in [2.75, 3.05) is 26.8 Å². The van der Waals surface area contributed by atoms with Crippen molar-refractivity contribution in [2.45, 2.75) is 31.8 Å². The molecule has 1 unspecified atom stereocenters. The Bertz CT molecular complexity index is 481. The smallest absolute Gasteiger partial charge is 0.227 e. The zero-order valence-electron chi connectivity index (χ0n) is 12.6. The van der Waals surface area contributed by atoms with Crippen LogP contribution in [-0.2, 0) is 16.0 Å². The Morgan fingerprint density at radius 3 is 2.67 bits per heavy atom. The lowest BCUT2D eigenvalue weighted by molar-refractivity contribution is -0.130. The number of nitrogens with zero attached hydrogens (tertiary/aromatic N) is 1. The first-order valence-electron chi connectivity index (χ1n) is 7.77. The molecule has 0 aromatic heterocycles. The van der Waals surface area contributed by atoms with Crippen molar-refractivity contribution in [1.82, 2.24) is 4.90 Å². The zero-order valence-corrected chi connectivity index (χ0v) is 12.6. The van der Waals surface area contributed by atoms with Gasteiger partial charge in [0, 0.05) is 19.7 Å². The molecule has 0 spiro atoms. The lowest BCUT2D eigenvalue weighted by atomic mass is 10.1. The average Bonchev–Trinajstić information content (AvgIpc) is 3.22. The molecule has 2 fully saturated rings. The van der Waals surface area contributed by atoms with Gasteiger partial charge in [-0.25, -0.2) is 0 Å². The van der Waals surface area contributed by atoms with Crippen LogP contribution in [0.25, 0.3) is 0 Å². The Morgan fingerprint density at radius 2 is 2.00 bits per heavy atom. The van der Waals surface area contributed by atoms with Crippen molar-refractivity contribution in [3.8, 4) is 5.75 Å². The van der Waals surface area contributed by atoms with Crippen molar-refractivity contribution >= 4 is 5.91 Å². The van der Waals surface area contributed by atoms with E-state index in [4.69, 9.17) is 9.47 Å². The molecule has 1 aliphatic heterocycles. The number of benzene rings is 1. The topological polar surface area (TPSA) is 38.8 Å². The molecule has 0 radical (unpaired) electrons. The molecule has 1 aliphatic carbocycles. The molecular weight excluding hydrogens is 266 g/mol. The Balaban J connectivity index is 1.46. The fraction of sp³-hybridized carbons (Fsp3) is 0.588. The molecule has 0 bridgehead atoms. The van der Waals surface area contributed by atoms with E-state index in [1.54, 1.807) is 7.11 Å². The van der Waals surface area contributed by atoms with E-state index in [-0.39, 0.29) is 12.0 Å². The van der Waals surface area contributed by atoms with Gasteiger partial charge in [-0.1, -0.05) is 12.1 Å². The molecule has 21 heavy (non-hydrogen) atoms. The van der Waals surface area contributed by atoms with Gasteiger partial charge in [-0.15, -0.1) is 0 Å². The van der Waals surface area contributed by atoms with Gasteiger partial charge in [0.1, 0.15) is 5.75 Å². The molecule has 1 aromatic rings. The quantitative estimate of drug-likeness (QED) is 0.806. The van der Waals surface area contributed by atoms with Gasteiger partial charge in [0.15, 0.2) is 0 Å². The zero-order chi connectivity index (χ0) is 14.7. The maximum Gasteiger partial charge on any atom is 0.227 e. The van der Waals surface area contributed by atoms with Crippen LogP contribution >= 0.6 is 0 Å². The van der Waals surface area contributed by atoms with E-state index in [2.05, 4.69) is 0 Å². The van der Waals surface area contributed by atoms with Crippen LogP contribution in [0.2, 0.25) is 0 Å². The Kier molecular flexibility index (Phi) is 4.44. The first-order chi connectivity index (χ1) is 10.2. The Labute approximate surface area is 126 Å². The Morgan fingerprint density at radius 1 is 1.24 bits per heavy atom. The van der Waals surface area contributed by atoms with Crippen molar-refractivity contribution in [2.24, 2.45) is 5.92 Å². The number of carbonyl (C=O) groups is 1. The minimum Gasteiger partial charge on any atom is -0.497 e. The summed E-state index contributed by atoms with van der Waals surface area (Å²) in [5.41, 5.74) is 1.03. The number of likely N-dealkylation sites (tertiary alicyclic amines) is 1. The summed E-state index contributed by atoms with van der Waals surface area (Å²) in [5, 5.41) is 0. The molecule has 4 heteroatoms. The monoisotopic (exact) mass is 289 g/mol. The third-order valence-electron chi connectivity index (χ3n) is 4.28. The van der Waals surface area contributed by atoms with Gasteiger partial charge in [0.05, 0.1) is 19.6 Å². The summed E-state index contributed by atoms with van der Waals surface area (Å²) in [6, 6.07) is 7.70.